The molecule has 214 valence electrons. The molecule has 2 aliphatic rings. The first-order valence-electron chi connectivity index (χ1n) is 13.7. The van der Waals surface area contributed by atoms with Gasteiger partial charge in [-0.05, 0) is 55.5 Å². The Morgan fingerprint density at radius 3 is 2.45 bits per heavy atom. The molecule has 0 bridgehead atoms. The number of carboxylic acids is 1. The summed E-state index contributed by atoms with van der Waals surface area (Å²) in [4.78, 5) is 15.0. The standard InChI is InChI=1S/C30H36N2O6S2/c1-20-16-27(39-29(20)30(33)34)23-17-28-24(18-26(23)38-15-14-37-3)32(22-12-8-5-9-13-22)19-25(31(2)40(28,35)36)21-10-6-4-7-11-21/h5,8-9,12-13,16-18,21,25H,4,6-7,10-11,14-15,19H2,1-3H3,(H,33,34)/t25-/m0/s1. The molecule has 0 spiro atoms. The van der Waals surface area contributed by atoms with E-state index in [-0.39, 0.29) is 28.3 Å². The van der Waals surface area contributed by atoms with E-state index in [1.165, 1.54) is 6.42 Å². The van der Waals surface area contributed by atoms with Gasteiger partial charge in [-0.25, -0.2) is 13.2 Å². The number of carbonyl (C=O) groups is 1. The van der Waals surface area contributed by atoms with E-state index in [9.17, 15) is 18.3 Å². The van der Waals surface area contributed by atoms with Crippen molar-refractivity contribution in [1.29, 1.82) is 0 Å². The molecule has 3 aromatic rings. The van der Waals surface area contributed by atoms with Gasteiger partial charge >= 0.3 is 5.97 Å². The highest BCUT2D eigenvalue weighted by atomic mass is 32.2. The molecule has 5 rings (SSSR count). The molecule has 40 heavy (non-hydrogen) atoms. The first kappa shape index (κ1) is 28.6. The third-order valence-corrected chi connectivity index (χ3v) is 11.2. The predicted molar refractivity (Wildman–Crippen MR) is 158 cm³/mol. The van der Waals surface area contributed by atoms with E-state index in [0.717, 1.165) is 42.7 Å². The molecule has 0 saturated heterocycles. The lowest BCUT2D eigenvalue weighted by atomic mass is 9.83. The summed E-state index contributed by atoms with van der Waals surface area (Å²) in [5.41, 5.74) is 2.63. The fraction of sp³-hybridized carbons (Fsp3) is 0.433. The lowest BCUT2D eigenvalue weighted by molar-refractivity contribution is 0.0701. The first-order chi connectivity index (χ1) is 19.2. The van der Waals surface area contributed by atoms with Crippen molar-refractivity contribution >= 4 is 38.7 Å². The zero-order valence-corrected chi connectivity index (χ0v) is 24.8. The summed E-state index contributed by atoms with van der Waals surface area (Å²) >= 11 is 1.12. The number of para-hydroxylation sites is 1. The van der Waals surface area contributed by atoms with E-state index in [2.05, 4.69) is 4.90 Å². The molecule has 1 aliphatic carbocycles. The van der Waals surface area contributed by atoms with Crippen LogP contribution in [0.4, 0.5) is 11.4 Å². The van der Waals surface area contributed by atoms with Crippen molar-refractivity contribution in [3.63, 3.8) is 0 Å². The van der Waals surface area contributed by atoms with Crippen LogP contribution < -0.4 is 9.64 Å². The zero-order chi connectivity index (χ0) is 28.4. The molecule has 1 N–H and O–H groups in total. The molecule has 0 unspecified atom stereocenters. The summed E-state index contributed by atoms with van der Waals surface area (Å²) in [6, 6.07) is 14.9. The molecular weight excluding hydrogens is 548 g/mol. The summed E-state index contributed by atoms with van der Waals surface area (Å²) in [5, 5.41) is 9.68. The van der Waals surface area contributed by atoms with Crippen molar-refractivity contribution in [2.75, 3.05) is 38.8 Å². The van der Waals surface area contributed by atoms with E-state index in [4.69, 9.17) is 9.47 Å². The molecule has 1 aromatic heterocycles. The number of carboxylic acid groups (broad SMARTS) is 1. The van der Waals surface area contributed by atoms with Crippen molar-refractivity contribution in [2.24, 2.45) is 5.92 Å². The van der Waals surface area contributed by atoms with Gasteiger partial charge in [0.1, 0.15) is 22.1 Å². The summed E-state index contributed by atoms with van der Waals surface area (Å²) in [5.74, 6) is -0.254. The van der Waals surface area contributed by atoms with Crippen molar-refractivity contribution in [3.05, 3.63) is 59.0 Å². The van der Waals surface area contributed by atoms with Gasteiger partial charge in [0.25, 0.3) is 0 Å². The van der Waals surface area contributed by atoms with E-state index >= 15 is 0 Å². The predicted octanol–water partition coefficient (Wildman–Crippen LogP) is 6.17. The van der Waals surface area contributed by atoms with E-state index < -0.39 is 16.0 Å². The highest BCUT2D eigenvalue weighted by Crippen LogP contribution is 2.47. The number of hydrogen-bond acceptors (Lipinski definition) is 7. The lowest BCUT2D eigenvalue weighted by Gasteiger charge is -2.36. The van der Waals surface area contributed by atoms with Crippen LogP contribution in [0.25, 0.3) is 10.4 Å². The van der Waals surface area contributed by atoms with E-state index in [1.807, 2.05) is 30.3 Å². The number of hydrogen-bond donors (Lipinski definition) is 1. The Balaban J connectivity index is 1.72. The van der Waals surface area contributed by atoms with Crippen LogP contribution >= 0.6 is 11.3 Å². The third kappa shape index (κ3) is 5.50. The molecular formula is C30H36N2O6S2. The second-order valence-electron chi connectivity index (χ2n) is 10.5. The number of rotatable bonds is 8. The molecule has 2 heterocycles. The van der Waals surface area contributed by atoms with E-state index in [0.29, 0.717) is 40.6 Å². The number of anilines is 2. The quantitative estimate of drug-likeness (QED) is 0.317. The largest absolute Gasteiger partial charge is 0.490 e. The fourth-order valence-electron chi connectivity index (χ4n) is 5.89. The molecule has 1 fully saturated rings. The minimum absolute atomic E-state index is 0.189. The van der Waals surface area contributed by atoms with Gasteiger partial charge in [0.2, 0.25) is 10.0 Å². The van der Waals surface area contributed by atoms with Crippen LogP contribution in [0.2, 0.25) is 0 Å². The maximum atomic E-state index is 14.3. The number of thiophene rings is 1. The summed E-state index contributed by atoms with van der Waals surface area (Å²) in [6.45, 7) is 2.89. The smallest absolute Gasteiger partial charge is 0.346 e. The van der Waals surface area contributed by atoms with Gasteiger partial charge in [0.05, 0.1) is 12.3 Å². The topological polar surface area (TPSA) is 96.4 Å². The van der Waals surface area contributed by atoms with Crippen LogP contribution in [-0.2, 0) is 14.8 Å². The summed E-state index contributed by atoms with van der Waals surface area (Å²) < 4.78 is 41.6. The van der Waals surface area contributed by atoms with Crippen molar-refractivity contribution in [2.45, 2.75) is 50.0 Å². The fourth-order valence-corrected chi connectivity index (χ4v) is 8.53. The SMILES string of the molecule is COCCOc1cc2c(cc1-c1cc(C)c(C(=O)O)s1)S(=O)(=O)N(C)[C@H](C1CCCCC1)CN2c1ccccc1. The van der Waals surface area contributed by atoms with Gasteiger partial charge < -0.3 is 19.5 Å². The van der Waals surface area contributed by atoms with Crippen LogP contribution in [0.1, 0.15) is 47.3 Å². The first-order valence-corrected chi connectivity index (χ1v) is 15.9. The maximum Gasteiger partial charge on any atom is 0.346 e. The number of aromatic carboxylic acids is 1. The number of likely N-dealkylation sites (N-methyl/N-ethyl adjacent to an activating group) is 1. The number of sulfonamides is 1. The van der Waals surface area contributed by atoms with Crippen LogP contribution in [0, 0.1) is 12.8 Å². The Labute approximate surface area is 240 Å². The normalized spacial score (nSPS) is 19.7. The maximum absolute atomic E-state index is 14.3. The second kappa shape index (κ2) is 11.9. The van der Waals surface area contributed by atoms with Gasteiger partial charge in [-0.2, -0.15) is 4.31 Å². The molecule has 10 heteroatoms. The zero-order valence-electron chi connectivity index (χ0n) is 23.1. The minimum Gasteiger partial charge on any atom is -0.490 e. The molecule has 0 radical (unpaired) electrons. The van der Waals surface area contributed by atoms with Gasteiger partial charge in [0, 0.05) is 48.9 Å². The van der Waals surface area contributed by atoms with Gasteiger partial charge in [0.15, 0.2) is 0 Å². The Hall–Kier alpha value is -2.92. The van der Waals surface area contributed by atoms with Crippen molar-refractivity contribution < 1.29 is 27.8 Å². The number of aryl methyl sites for hydroxylation is 1. The molecule has 2 aromatic carbocycles. The molecule has 0 amide bonds. The highest BCUT2D eigenvalue weighted by molar-refractivity contribution is 7.89. The average Bonchev–Trinajstić information content (AvgIpc) is 3.32. The number of fused-ring (bicyclic) bond motifs is 1. The van der Waals surface area contributed by atoms with Crippen LogP contribution in [0.3, 0.4) is 0 Å². The molecule has 1 atom stereocenters. The second-order valence-corrected chi connectivity index (χ2v) is 13.5. The van der Waals surface area contributed by atoms with Crippen molar-refractivity contribution in [3.8, 4) is 16.2 Å². The number of ether oxygens (including phenoxy) is 2. The molecule has 8 nitrogen and oxygen atoms in total. The van der Waals surface area contributed by atoms with Gasteiger partial charge in [-0.3, -0.25) is 0 Å². The average molecular weight is 585 g/mol. The van der Waals surface area contributed by atoms with Crippen LogP contribution in [-0.4, -0.2) is 63.8 Å². The van der Waals surface area contributed by atoms with E-state index in [1.54, 1.807) is 43.6 Å². The third-order valence-electron chi connectivity index (χ3n) is 8.03. The monoisotopic (exact) mass is 584 g/mol. The number of nitrogens with zero attached hydrogens (tertiary/aromatic N) is 2. The Kier molecular flexibility index (Phi) is 8.51. The van der Waals surface area contributed by atoms with Crippen LogP contribution in [0.5, 0.6) is 5.75 Å². The molecule has 1 saturated carbocycles. The molecule has 1 aliphatic heterocycles. The van der Waals surface area contributed by atoms with Crippen LogP contribution in [0.15, 0.2) is 53.4 Å². The Bertz CT molecular complexity index is 1460. The summed E-state index contributed by atoms with van der Waals surface area (Å²) in [7, 11) is -0.596. The Morgan fingerprint density at radius 2 is 1.80 bits per heavy atom. The summed E-state index contributed by atoms with van der Waals surface area (Å²) in [6.07, 6.45) is 5.42. The van der Waals surface area contributed by atoms with Gasteiger partial charge in [-0.1, -0.05) is 37.5 Å². The number of benzene rings is 2. The Morgan fingerprint density at radius 1 is 1.07 bits per heavy atom. The number of methoxy groups -OCH3 is 1. The lowest BCUT2D eigenvalue weighted by Crippen LogP contribution is -2.46. The van der Waals surface area contributed by atoms with Crippen molar-refractivity contribution in [1.82, 2.24) is 4.31 Å². The highest BCUT2D eigenvalue weighted by Gasteiger charge is 2.41. The minimum atomic E-state index is -3.89. The van der Waals surface area contributed by atoms with Gasteiger partial charge in [-0.15, -0.1) is 11.3 Å².